The van der Waals surface area contributed by atoms with E-state index in [9.17, 15) is 0 Å². The highest BCUT2D eigenvalue weighted by molar-refractivity contribution is 7.80. The van der Waals surface area contributed by atoms with E-state index in [1.807, 2.05) is 30.3 Å². The first-order valence-electron chi connectivity index (χ1n) is 7.72. The lowest BCUT2D eigenvalue weighted by Gasteiger charge is -2.24. The van der Waals surface area contributed by atoms with E-state index in [1.165, 1.54) is 5.56 Å². The fourth-order valence-electron chi connectivity index (χ4n) is 2.21. The van der Waals surface area contributed by atoms with Gasteiger partial charge in [0, 0.05) is 18.8 Å². The van der Waals surface area contributed by atoms with Crippen molar-refractivity contribution in [2.24, 2.45) is 0 Å². The smallest absolute Gasteiger partial charge is 0.168 e. The molecule has 2 rings (SSSR count). The third-order valence-electron chi connectivity index (χ3n) is 3.36. The highest BCUT2D eigenvalue weighted by Crippen LogP contribution is 2.18. The summed E-state index contributed by atoms with van der Waals surface area (Å²) in [6.45, 7) is 2.87. The van der Waals surface area contributed by atoms with Crippen LogP contribution in [-0.4, -0.2) is 23.4 Å². The molecule has 0 fully saturated rings. The Balaban J connectivity index is 2.08. The van der Waals surface area contributed by atoms with Crippen molar-refractivity contribution in [3.63, 3.8) is 0 Å². The number of anilines is 1. The Morgan fingerprint density at radius 3 is 2.61 bits per heavy atom. The standard InChI is InChI=1S/C18H23N3OS/c1-14-7-5-10-16(13-14)20-17(15-8-3-2-4-9-15)21-18(23)19-11-6-12-22/h2-5,7-10,13,17,20,22H,6,11-12H2,1H3,(H2,19,21,23). The lowest BCUT2D eigenvalue weighted by Crippen LogP contribution is -2.41. The van der Waals surface area contributed by atoms with Crippen LogP contribution in [0.1, 0.15) is 23.7 Å². The largest absolute Gasteiger partial charge is 0.396 e. The molecular formula is C18H23N3OS. The van der Waals surface area contributed by atoms with Crippen LogP contribution in [0.3, 0.4) is 0 Å². The molecule has 0 amide bonds. The van der Waals surface area contributed by atoms with Gasteiger partial charge in [0.05, 0.1) is 0 Å². The maximum Gasteiger partial charge on any atom is 0.168 e. The van der Waals surface area contributed by atoms with Gasteiger partial charge in [0.2, 0.25) is 0 Å². The van der Waals surface area contributed by atoms with Gasteiger partial charge >= 0.3 is 0 Å². The van der Waals surface area contributed by atoms with Crippen LogP contribution in [0, 0.1) is 6.92 Å². The van der Waals surface area contributed by atoms with Crippen LogP contribution in [0.5, 0.6) is 0 Å². The van der Waals surface area contributed by atoms with Crippen LogP contribution in [0.2, 0.25) is 0 Å². The van der Waals surface area contributed by atoms with Gasteiger partial charge < -0.3 is 21.1 Å². The second kappa shape index (κ2) is 9.12. The number of thiocarbonyl (C=S) groups is 1. The predicted octanol–water partition coefficient (Wildman–Crippen LogP) is 2.95. The van der Waals surface area contributed by atoms with Gasteiger partial charge in [0.25, 0.3) is 0 Å². The van der Waals surface area contributed by atoms with Crippen molar-refractivity contribution in [1.29, 1.82) is 0 Å². The van der Waals surface area contributed by atoms with Crippen LogP contribution in [0.15, 0.2) is 54.6 Å². The second-order valence-electron chi connectivity index (χ2n) is 5.33. The number of nitrogens with one attached hydrogen (secondary N) is 3. The summed E-state index contributed by atoms with van der Waals surface area (Å²) in [5, 5.41) is 19.3. The van der Waals surface area contributed by atoms with E-state index in [0.29, 0.717) is 18.1 Å². The molecule has 0 heterocycles. The highest BCUT2D eigenvalue weighted by Gasteiger charge is 2.12. The number of hydrogen-bond acceptors (Lipinski definition) is 3. The van der Waals surface area contributed by atoms with E-state index in [2.05, 4.69) is 47.1 Å². The first-order valence-corrected chi connectivity index (χ1v) is 8.13. The summed E-state index contributed by atoms with van der Waals surface area (Å²) in [5.74, 6) is 0. The molecule has 4 N–H and O–H groups in total. The maximum atomic E-state index is 8.84. The number of aliphatic hydroxyl groups is 1. The summed E-state index contributed by atoms with van der Waals surface area (Å²) in [7, 11) is 0. The molecule has 0 saturated heterocycles. The number of hydrogen-bond donors (Lipinski definition) is 4. The molecule has 0 aromatic heterocycles. The van der Waals surface area contributed by atoms with Crippen LogP contribution in [-0.2, 0) is 0 Å². The van der Waals surface area contributed by atoms with Gasteiger partial charge in [-0.15, -0.1) is 0 Å². The van der Waals surface area contributed by atoms with Crippen molar-refractivity contribution in [3.05, 3.63) is 65.7 Å². The molecule has 0 bridgehead atoms. The molecule has 122 valence electrons. The predicted molar refractivity (Wildman–Crippen MR) is 99.4 cm³/mol. The van der Waals surface area contributed by atoms with Crippen LogP contribution < -0.4 is 16.0 Å². The van der Waals surface area contributed by atoms with Gasteiger partial charge in [-0.3, -0.25) is 0 Å². The quantitative estimate of drug-likeness (QED) is 0.357. The highest BCUT2D eigenvalue weighted by atomic mass is 32.1. The minimum Gasteiger partial charge on any atom is -0.396 e. The molecular weight excluding hydrogens is 306 g/mol. The third kappa shape index (κ3) is 5.88. The van der Waals surface area contributed by atoms with Crippen molar-refractivity contribution in [3.8, 4) is 0 Å². The van der Waals surface area contributed by atoms with Crippen molar-refractivity contribution in [2.45, 2.75) is 19.5 Å². The summed E-state index contributed by atoms with van der Waals surface area (Å²) in [4.78, 5) is 0. The third-order valence-corrected chi connectivity index (χ3v) is 3.62. The van der Waals surface area contributed by atoms with Gasteiger partial charge in [-0.2, -0.15) is 0 Å². The van der Waals surface area contributed by atoms with E-state index in [-0.39, 0.29) is 12.8 Å². The minimum atomic E-state index is -0.132. The Hall–Kier alpha value is -2.11. The summed E-state index contributed by atoms with van der Waals surface area (Å²) >= 11 is 5.34. The molecule has 2 aromatic carbocycles. The minimum absolute atomic E-state index is 0.132. The Morgan fingerprint density at radius 2 is 1.91 bits per heavy atom. The number of aliphatic hydroxyl groups excluding tert-OH is 1. The zero-order chi connectivity index (χ0) is 16.5. The molecule has 0 saturated carbocycles. The zero-order valence-electron chi connectivity index (χ0n) is 13.3. The summed E-state index contributed by atoms with van der Waals surface area (Å²) in [5.41, 5.74) is 3.33. The SMILES string of the molecule is Cc1cccc(NC(NC(=S)NCCCO)c2ccccc2)c1. The van der Waals surface area contributed by atoms with Crippen LogP contribution >= 0.6 is 12.2 Å². The molecule has 2 aromatic rings. The summed E-state index contributed by atoms with van der Waals surface area (Å²) < 4.78 is 0. The Kier molecular flexibility index (Phi) is 6.84. The zero-order valence-corrected chi connectivity index (χ0v) is 14.1. The van der Waals surface area contributed by atoms with E-state index in [1.54, 1.807) is 0 Å². The number of benzene rings is 2. The van der Waals surface area contributed by atoms with E-state index in [0.717, 1.165) is 11.3 Å². The average Bonchev–Trinajstić information content (AvgIpc) is 2.55. The van der Waals surface area contributed by atoms with Gasteiger partial charge in [-0.25, -0.2) is 0 Å². The molecule has 0 spiro atoms. The molecule has 5 heteroatoms. The molecule has 0 aliphatic rings. The fraction of sp³-hybridized carbons (Fsp3) is 0.278. The van der Waals surface area contributed by atoms with Crippen molar-refractivity contribution in [1.82, 2.24) is 10.6 Å². The molecule has 1 unspecified atom stereocenters. The van der Waals surface area contributed by atoms with Crippen molar-refractivity contribution >= 4 is 23.0 Å². The lowest BCUT2D eigenvalue weighted by molar-refractivity contribution is 0.289. The van der Waals surface area contributed by atoms with Gasteiger partial charge in [-0.1, -0.05) is 42.5 Å². The Bertz CT molecular complexity index is 619. The summed E-state index contributed by atoms with van der Waals surface area (Å²) in [6.07, 6.45) is 0.537. The Morgan fingerprint density at radius 1 is 1.13 bits per heavy atom. The van der Waals surface area contributed by atoms with Crippen LogP contribution in [0.25, 0.3) is 0 Å². The first-order chi connectivity index (χ1) is 11.2. The van der Waals surface area contributed by atoms with Gasteiger partial charge in [0.15, 0.2) is 5.11 Å². The van der Waals surface area contributed by atoms with Crippen LogP contribution in [0.4, 0.5) is 5.69 Å². The lowest BCUT2D eigenvalue weighted by atomic mass is 10.1. The molecule has 1 atom stereocenters. The average molecular weight is 329 g/mol. The molecule has 23 heavy (non-hydrogen) atoms. The van der Waals surface area contributed by atoms with Gasteiger partial charge in [0.1, 0.15) is 6.17 Å². The van der Waals surface area contributed by atoms with Crippen molar-refractivity contribution < 1.29 is 5.11 Å². The molecule has 0 aliphatic heterocycles. The number of aryl methyl sites for hydroxylation is 1. The van der Waals surface area contributed by atoms with Crippen molar-refractivity contribution in [2.75, 3.05) is 18.5 Å². The molecule has 0 radical (unpaired) electrons. The fourth-order valence-corrected chi connectivity index (χ4v) is 2.43. The number of rotatable bonds is 7. The molecule has 0 aliphatic carbocycles. The normalized spacial score (nSPS) is 11.6. The van der Waals surface area contributed by atoms with E-state index >= 15 is 0 Å². The maximum absolute atomic E-state index is 8.84. The van der Waals surface area contributed by atoms with E-state index in [4.69, 9.17) is 17.3 Å². The van der Waals surface area contributed by atoms with E-state index < -0.39 is 0 Å². The Labute approximate surface area is 142 Å². The van der Waals surface area contributed by atoms with Gasteiger partial charge in [-0.05, 0) is 48.8 Å². The topological polar surface area (TPSA) is 56.3 Å². The summed E-state index contributed by atoms with van der Waals surface area (Å²) in [6, 6.07) is 18.3. The molecule has 4 nitrogen and oxygen atoms in total. The first kappa shape index (κ1) is 17.2. The second-order valence-corrected chi connectivity index (χ2v) is 5.74. The monoisotopic (exact) mass is 329 g/mol.